The molecule has 0 heterocycles. The molecule has 1 rings (SSSR count). The molecule has 0 unspecified atom stereocenters. The summed E-state index contributed by atoms with van der Waals surface area (Å²) in [6, 6.07) is 8.72. The molecule has 0 saturated heterocycles. The van der Waals surface area contributed by atoms with Crippen LogP contribution in [-0.4, -0.2) is 29.2 Å². The molecule has 0 fully saturated rings. The summed E-state index contributed by atoms with van der Waals surface area (Å²) in [6.07, 6.45) is 6.57. The Hall–Kier alpha value is -2.48. The summed E-state index contributed by atoms with van der Waals surface area (Å²) in [7, 11) is 0. The summed E-state index contributed by atoms with van der Waals surface area (Å²) in [6.45, 7) is 9.18. The molecule has 2 N–H and O–H groups in total. The van der Waals surface area contributed by atoms with E-state index < -0.39 is 23.3 Å². The number of rotatable bonds is 7. The van der Waals surface area contributed by atoms with Crippen LogP contribution in [0.1, 0.15) is 53.0 Å². The first-order valence-electron chi connectivity index (χ1n) is 8.98. The highest BCUT2D eigenvalue weighted by atomic mass is 16.6. The van der Waals surface area contributed by atoms with Crippen LogP contribution in [0, 0.1) is 12.3 Å². The van der Waals surface area contributed by atoms with Gasteiger partial charge in [0.2, 0.25) is 5.91 Å². The van der Waals surface area contributed by atoms with E-state index in [4.69, 9.17) is 11.2 Å². The lowest BCUT2D eigenvalue weighted by Gasteiger charge is -2.30. The topological polar surface area (TPSA) is 67.4 Å². The van der Waals surface area contributed by atoms with Crippen LogP contribution in [0.2, 0.25) is 0 Å². The summed E-state index contributed by atoms with van der Waals surface area (Å²) >= 11 is 0. The van der Waals surface area contributed by atoms with E-state index in [0.29, 0.717) is 19.3 Å². The van der Waals surface area contributed by atoms with Crippen molar-refractivity contribution in [3.63, 3.8) is 0 Å². The van der Waals surface area contributed by atoms with Crippen molar-refractivity contribution in [2.24, 2.45) is 0 Å². The van der Waals surface area contributed by atoms with Crippen molar-refractivity contribution in [2.75, 3.05) is 0 Å². The van der Waals surface area contributed by atoms with Gasteiger partial charge in [0.1, 0.15) is 17.2 Å². The maximum atomic E-state index is 12.9. The third kappa shape index (κ3) is 6.79. The van der Waals surface area contributed by atoms with E-state index in [1.54, 1.807) is 20.8 Å². The van der Waals surface area contributed by atoms with Crippen molar-refractivity contribution in [1.29, 1.82) is 0 Å². The Bertz CT molecular complexity index is 637. The molecule has 0 aliphatic carbocycles. The number of hydrogen-bond acceptors (Lipinski definition) is 3. The van der Waals surface area contributed by atoms with E-state index in [2.05, 4.69) is 16.6 Å². The van der Waals surface area contributed by atoms with Gasteiger partial charge in [0.05, 0.1) is 0 Å². The molecule has 0 aromatic heterocycles. The number of nitrogens with one attached hydrogen (secondary N) is 2. The number of alkyl carbamates (subject to hydrolysis) is 1. The van der Waals surface area contributed by atoms with E-state index in [-0.39, 0.29) is 5.91 Å². The summed E-state index contributed by atoms with van der Waals surface area (Å²) in [4.78, 5) is 25.0. The third-order valence-electron chi connectivity index (χ3n) is 4.14. The normalized spacial score (nSPS) is 12.6. The van der Waals surface area contributed by atoms with Gasteiger partial charge < -0.3 is 15.4 Å². The number of terminal acetylenes is 1. The Morgan fingerprint density at radius 2 is 1.73 bits per heavy atom. The van der Waals surface area contributed by atoms with Gasteiger partial charge in [0.25, 0.3) is 0 Å². The fourth-order valence-electron chi connectivity index (χ4n) is 2.50. The average molecular weight is 358 g/mol. The Labute approximate surface area is 156 Å². The summed E-state index contributed by atoms with van der Waals surface area (Å²) in [5, 5.41) is 5.60. The fraction of sp³-hybridized carbons (Fsp3) is 0.524. The van der Waals surface area contributed by atoms with Crippen LogP contribution in [0.4, 0.5) is 4.79 Å². The average Bonchev–Trinajstić information content (AvgIpc) is 2.58. The van der Waals surface area contributed by atoms with Crippen molar-refractivity contribution in [1.82, 2.24) is 10.6 Å². The molecule has 1 atom stereocenters. The Morgan fingerprint density at radius 3 is 2.19 bits per heavy atom. The molecule has 5 heteroatoms. The first-order valence-corrected chi connectivity index (χ1v) is 8.98. The molecular formula is C21H30N2O3. The fourth-order valence-corrected chi connectivity index (χ4v) is 2.50. The molecule has 0 spiro atoms. The molecule has 142 valence electrons. The van der Waals surface area contributed by atoms with E-state index in [9.17, 15) is 9.59 Å². The molecule has 1 aromatic rings. The van der Waals surface area contributed by atoms with Crippen molar-refractivity contribution < 1.29 is 14.3 Å². The summed E-state index contributed by atoms with van der Waals surface area (Å²) in [5.41, 5.74) is -0.433. The van der Waals surface area contributed by atoms with E-state index in [1.165, 1.54) is 0 Å². The van der Waals surface area contributed by atoms with Crippen LogP contribution < -0.4 is 10.6 Å². The minimum Gasteiger partial charge on any atom is -0.444 e. The second kappa shape index (κ2) is 9.28. The van der Waals surface area contributed by atoms with Crippen LogP contribution in [0.25, 0.3) is 0 Å². The third-order valence-corrected chi connectivity index (χ3v) is 4.14. The smallest absolute Gasteiger partial charge is 0.408 e. The maximum Gasteiger partial charge on any atom is 0.408 e. The van der Waals surface area contributed by atoms with Gasteiger partial charge in [-0.3, -0.25) is 4.79 Å². The van der Waals surface area contributed by atoms with Gasteiger partial charge in [0.15, 0.2) is 0 Å². The first kappa shape index (κ1) is 21.6. The van der Waals surface area contributed by atoms with Crippen molar-refractivity contribution in [3.05, 3.63) is 35.9 Å². The molecule has 0 bridgehead atoms. The largest absolute Gasteiger partial charge is 0.444 e. The number of benzene rings is 1. The minimum absolute atomic E-state index is 0.318. The SMILES string of the molecule is C#CC(CC)(CC)NC(=O)[C@H](Cc1ccccc1)NC(=O)OC(C)(C)C. The summed E-state index contributed by atoms with van der Waals surface area (Å²) in [5.74, 6) is 2.36. The second-order valence-electron chi connectivity index (χ2n) is 7.31. The Kier molecular flexibility index (Phi) is 7.70. The molecule has 0 saturated carbocycles. The molecule has 1 aromatic carbocycles. The molecule has 0 aliphatic rings. The van der Waals surface area contributed by atoms with Gasteiger partial charge >= 0.3 is 6.09 Å². The van der Waals surface area contributed by atoms with Gasteiger partial charge in [0, 0.05) is 6.42 Å². The Balaban J connectivity index is 2.97. The number of hydrogen-bond donors (Lipinski definition) is 2. The molecule has 0 aliphatic heterocycles. The monoisotopic (exact) mass is 358 g/mol. The van der Waals surface area contributed by atoms with Crippen LogP contribution in [0.15, 0.2) is 30.3 Å². The van der Waals surface area contributed by atoms with Gasteiger partial charge in [-0.15, -0.1) is 6.42 Å². The van der Waals surface area contributed by atoms with Crippen molar-refractivity contribution in [3.8, 4) is 12.3 Å². The maximum absolute atomic E-state index is 12.9. The zero-order chi connectivity index (χ0) is 19.8. The van der Waals surface area contributed by atoms with Crippen molar-refractivity contribution in [2.45, 2.75) is 71.1 Å². The lowest BCUT2D eigenvalue weighted by atomic mass is 9.93. The van der Waals surface area contributed by atoms with Crippen LogP contribution >= 0.6 is 0 Å². The van der Waals surface area contributed by atoms with Gasteiger partial charge in [-0.05, 0) is 39.2 Å². The lowest BCUT2D eigenvalue weighted by molar-refractivity contribution is -0.124. The highest BCUT2D eigenvalue weighted by molar-refractivity contribution is 5.86. The zero-order valence-electron chi connectivity index (χ0n) is 16.4. The molecule has 2 amide bonds. The van der Waals surface area contributed by atoms with E-state index >= 15 is 0 Å². The summed E-state index contributed by atoms with van der Waals surface area (Å²) < 4.78 is 5.29. The lowest BCUT2D eigenvalue weighted by Crippen LogP contribution is -2.55. The highest BCUT2D eigenvalue weighted by Crippen LogP contribution is 2.15. The van der Waals surface area contributed by atoms with Crippen LogP contribution in [0.3, 0.4) is 0 Å². The number of ether oxygens (including phenoxy) is 1. The minimum atomic E-state index is -0.780. The highest BCUT2D eigenvalue weighted by Gasteiger charge is 2.31. The standard InChI is InChI=1S/C21H30N2O3/c1-7-21(8-2,9-3)23-18(24)17(15-16-13-11-10-12-14-16)22-19(25)26-20(4,5)6/h1,10-14,17H,8-9,15H2,2-6H3,(H,22,25)(H,23,24)/t17-/m0/s1. The number of amides is 2. The zero-order valence-corrected chi connectivity index (χ0v) is 16.4. The Morgan fingerprint density at radius 1 is 1.15 bits per heavy atom. The van der Waals surface area contributed by atoms with Gasteiger partial charge in [-0.25, -0.2) is 4.79 Å². The second-order valence-corrected chi connectivity index (χ2v) is 7.31. The molecule has 5 nitrogen and oxygen atoms in total. The van der Waals surface area contributed by atoms with E-state index in [0.717, 1.165) is 5.56 Å². The van der Waals surface area contributed by atoms with Crippen LogP contribution in [-0.2, 0) is 16.0 Å². The molecule has 26 heavy (non-hydrogen) atoms. The van der Waals surface area contributed by atoms with Crippen LogP contribution in [0.5, 0.6) is 0 Å². The first-order chi connectivity index (χ1) is 12.1. The predicted molar refractivity (Wildman–Crippen MR) is 104 cm³/mol. The molecule has 0 radical (unpaired) electrons. The van der Waals surface area contributed by atoms with Gasteiger partial charge in [-0.2, -0.15) is 0 Å². The predicted octanol–water partition coefficient (Wildman–Crippen LogP) is 3.43. The van der Waals surface area contributed by atoms with Crippen molar-refractivity contribution >= 4 is 12.0 Å². The quantitative estimate of drug-likeness (QED) is 0.734. The number of carbonyl (C=O) groups excluding carboxylic acids is 2. The number of carbonyl (C=O) groups is 2. The molecular weight excluding hydrogens is 328 g/mol. The van der Waals surface area contributed by atoms with E-state index in [1.807, 2.05) is 44.2 Å². The van der Waals surface area contributed by atoms with Gasteiger partial charge in [-0.1, -0.05) is 50.1 Å².